The smallest absolute Gasteiger partial charge is 0.411 e. The van der Waals surface area contributed by atoms with Gasteiger partial charge in [0.05, 0.1) is 0 Å². The lowest BCUT2D eigenvalue weighted by molar-refractivity contribution is 0.143. The number of allylic oxidation sites excluding steroid dienone is 1. The van der Waals surface area contributed by atoms with Gasteiger partial charge in [0.15, 0.2) is 0 Å². The van der Waals surface area contributed by atoms with Crippen molar-refractivity contribution in [1.29, 1.82) is 0 Å². The van der Waals surface area contributed by atoms with Gasteiger partial charge in [0.2, 0.25) is 0 Å². The quantitative estimate of drug-likeness (QED) is 0.824. The molecule has 3 nitrogen and oxygen atoms in total. The zero-order chi connectivity index (χ0) is 11.1. The first-order valence-electron chi connectivity index (χ1n) is 4.79. The summed E-state index contributed by atoms with van der Waals surface area (Å²) in [6.07, 6.45) is 1.19. The van der Waals surface area contributed by atoms with Crippen LogP contribution in [0.4, 0.5) is 4.79 Å². The van der Waals surface area contributed by atoms with Gasteiger partial charge < -0.3 is 4.74 Å². The number of ether oxygens (including phenoxy) is 1. The lowest BCUT2D eigenvalue weighted by atomic mass is 10.2. The first kappa shape index (κ1) is 11.3. The molecule has 0 aliphatic carbocycles. The minimum atomic E-state index is -0.431. The summed E-state index contributed by atoms with van der Waals surface area (Å²) in [7, 11) is 0. The van der Waals surface area contributed by atoms with Crippen LogP contribution in [-0.2, 0) is 11.3 Å². The van der Waals surface area contributed by atoms with Crippen LogP contribution in [-0.4, -0.2) is 6.09 Å². The van der Waals surface area contributed by atoms with Gasteiger partial charge in [0.25, 0.3) is 0 Å². The van der Waals surface area contributed by atoms with E-state index in [-0.39, 0.29) is 0 Å². The highest BCUT2D eigenvalue weighted by molar-refractivity contribution is 5.68. The van der Waals surface area contributed by atoms with Gasteiger partial charge in [-0.05, 0) is 19.4 Å². The summed E-state index contributed by atoms with van der Waals surface area (Å²) < 4.78 is 4.98. The Kier molecular flexibility index (Phi) is 4.41. The number of carbonyl (C=O) groups is 1. The van der Waals surface area contributed by atoms with Gasteiger partial charge in [-0.25, -0.2) is 4.79 Å². The molecule has 3 heteroatoms. The van der Waals surface area contributed by atoms with Crippen molar-refractivity contribution in [2.75, 3.05) is 0 Å². The monoisotopic (exact) mass is 205 g/mol. The van der Waals surface area contributed by atoms with Gasteiger partial charge in [0, 0.05) is 6.20 Å². The van der Waals surface area contributed by atoms with Crippen molar-refractivity contribution in [1.82, 2.24) is 5.32 Å². The van der Waals surface area contributed by atoms with Gasteiger partial charge in [-0.2, -0.15) is 0 Å². The van der Waals surface area contributed by atoms with E-state index in [2.05, 4.69) is 5.32 Å². The van der Waals surface area contributed by atoms with E-state index in [1.54, 1.807) is 6.20 Å². The van der Waals surface area contributed by atoms with Crippen LogP contribution in [0.15, 0.2) is 42.1 Å². The maximum Gasteiger partial charge on any atom is 0.411 e. The number of nitrogens with one attached hydrogen (secondary N) is 1. The third-order valence-corrected chi connectivity index (χ3v) is 1.69. The zero-order valence-electron chi connectivity index (χ0n) is 8.99. The second-order valence-electron chi connectivity index (χ2n) is 3.43. The van der Waals surface area contributed by atoms with Crippen LogP contribution in [0, 0.1) is 0 Å². The molecule has 0 heterocycles. The third kappa shape index (κ3) is 4.86. The van der Waals surface area contributed by atoms with E-state index in [0.29, 0.717) is 6.61 Å². The van der Waals surface area contributed by atoms with E-state index in [0.717, 1.165) is 11.1 Å². The number of amides is 1. The van der Waals surface area contributed by atoms with E-state index in [4.69, 9.17) is 4.74 Å². The highest BCUT2D eigenvalue weighted by atomic mass is 16.5. The molecule has 1 aromatic rings. The fraction of sp³-hybridized carbons (Fsp3) is 0.250. The van der Waals surface area contributed by atoms with Crippen LogP contribution >= 0.6 is 0 Å². The van der Waals surface area contributed by atoms with Crippen molar-refractivity contribution in [3.05, 3.63) is 47.7 Å². The van der Waals surface area contributed by atoms with Gasteiger partial charge in [0.1, 0.15) is 6.61 Å². The van der Waals surface area contributed by atoms with Crippen molar-refractivity contribution in [3.8, 4) is 0 Å². The van der Waals surface area contributed by atoms with Crippen LogP contribution in [0.1, 0.15) is 19.4 Å². The maximum atomic E-state index is 11.1. The largest absolute Gasteiger partial charge is 0.444 e. The molecule has 0 saturated carbocycles. The summed E-state index contributed by atoms with van der Waals surface area (Å²) in [6.45, 7) is 4.10. The van der Waals surface area contributed by atoms with Gasteiger partial charge in [-0.15, -0.1) is 0 Å². The maximum absolute atomic E-state index is 11.1. The van der Waals surface area contributed by atoms with Crippen LogP contribution in [0.25, 0.3) is 0 Å². The molecule has 0 aliphatic rings. The Labute approximate surface area is 89.8 Å². The molecule has 0 radical (unpaired) electrons. The van der Waals surface area contributed by atoms with Crippen molar-refractivity contribution in [2.24, 2.45) is 0 Å². The van der Waals surface area contributed by atoms with Crippen LogP contribution < -0.4 is 5.32 Å². The van der Waals surface area contributed by atoms with E-state index < -0.39 is 6.09 Å². The minimum absolute atomic E-state index is 0.295. The molecule has 1 N–H and O–H groups in total. The zero-order valence-corrected chi connectivity index (χ0v) is 8.99. The molecular weight excluding hydrogens is 190 g/mol. The van der Waals surface area contributed by atoms with Crippen LogP contribution in [0.2, 0.25) is 0 Å². The Balaban J connectivity index is 2.32. The number of hydrogen-bond acceptors (Lipinski definition) is 2. The molecular formula is C12H15NO2. The molecule has 0 aromatic heterocycles. The van der Waals surface area contributed by atoms with Crippen molar-refractivity contribution in [3.63, 3.8) is 0 Å². The molecule has 0 bridgehead atoms. The highest BCUT2D eigenvalue weighted by Gasteiger charge is 1.99. The lowest BCUT2D eigenvalue weighted by Crippen LogP contribution is -2.18. The highest BCUT2D eigenvalue weighted by Crippen LogP contribution is 2.00. The van der Waals surface area contributed by atoms with Gasteiger partial charge >= 0.3 is 6.09 Å². The molecule has 0 fully saturated rings. The Morgan fingerprint density at radius 1 is 1.33 bits per heavy atom. The van der Waals surface area contributed by atoms with E-state index in [9.17, 15) is 4.79 Å². The molecule has 0 aliphatic heterocycles. The second kappa shape index (κ2) is 5.86. The number of rotatable bonds is 3. The summed E-state index contributed by atoms with van der Waals surface area (Å²) in [6, 6.07) is 9.56. The molecule has 1 aromatic carbocycles. The first-order chi connectivity index (χ1) is 7.18. The average Bonchev–Trinajstić information content (AvgIpc) is 2.25. The lowest BCUT2D eigenvalue weighted by Gasteiger charge is -2.04. The summed E-state index contributed by atoms with van der Waals surface area (Å²) in [4.78, 5) is 11.1. The van der Waals surface area contributed by atoms with E-state index >= 15 is 0 Å². The van der Waals surface area contributed by atoms with E-state index in [1.165, 1.54) is 0 Å². The number of alkyl carbamates (subject to hydrolysis) is 1. The molecule has 0 unspecified atom stereocenters. The standard InChI is InChI=1S/C12H15NO2/c1-10(2)8-13-12(14)15-9-11-6-4-3-5-7-11/h3-8H,9H2,1-2H3,(H,13,14). The molecule has 0 saturated heterocycles. The van der Waals surface area contributed by atoms with Crippen molar-refractivity contribution in [2.45, 2.75) is 20.5 Å². The predicted octanol–water partition coefficient (Wildman–Crippen LogP) is 2.84. The third-order valence-electron chi connectivity index (χ3n) is 1.69. The summed E-state index contributed by atoms with van der Waals surface area (Å²) in [5, 5.41) is 2.53. The Morgan fingerprint density at radius 3 is 2.60 bits per heavy atom. The predicted molar refractivity (Wildman–Crippen MR) is 59.2 cm³/mol. The summed E-state index contributed by atoms with van der Waals surface area (Å²) in [5.41, 5.74) is 2.00. The van der Waals surface area contributed by atoms with E-state index in [1.807, 2.05) is 44.2 Å². The van der Waals surface area contributed by atoms with Crippen LogP contribution in [0.5, 0.6) is 0 Å². The van der Waals surface area contributed by atoms with Gasteiger partial charge in [-0.3, -0.25) is 5.32 Å². The van der Waals surface area contributed by atoms with Crippen molar-refractivity contribution >= 4 is 6.09 Å². The Morgan fingerprint density at radius 2 is 2.00 bits per heavy atom. The van der Waals surface area contributed by atoms with Crippen molar-refractivity contribution < 1.29 is 9.53 Å². The number of hydrogen-bond donors (Lipinski definition) is 1. The normalized spacial score (nSPS) is 9.20. The fourth-order valence-electron chi connectivity index (χ4n) is 0.968. The topological polar surface area (TPSA) is 38.3 Å². The molecule has 80 valence electrons. The number of carbonyl (C=O) groups excluding carboxylic acids is 1. The SMILES string of the molecule is CC(C)=CNC(=O)OCc1ccccc1. The Hall–Kier alpha value is -1.77. The number of benzene rings is 1. The second-order valence-corrected chi connectivity index (χ2v) is 3.43. The van der Waals surface area contributed by atoms with Crippen LogP contribution in [0.3, 0.4) is 0 Å². The first-order valence-corrected chi connectivity index (χ1v) is 4.79. The summed E-state index contributed by atoms with van der Waals surface area (Å²) >= 11 is 0. The molecule has 0 spiro atoms. The minimum Gasteiger partial charge on any atom is -0.444 e. The van der Waals surface area contributed by atoms with Gasteiger partial charge in [-0.1, -0.05) is 35.9 Å². The molecule has 15 heavy (non-hydrogen) atoms. The average molecular weight is 205 g/mol. The molecule has 1 amide bonds. The Bertz CT molecular complexity index is 340. The summed E-state index contributed by atoms with van der Waals surface area (Å²) in [5.74, 6) is 0. The molecule has 0 atom stereocenters. The molecule has 1 rings (SSSR count). The fourth-order valence-corrected chi connectivity index (χ4v) is 0.968.